The third kappa shape index (κ3) is 5.05. The first kappa shape index (κ1) is 17.9. The fourth-order valence-corrected chi connectivity index (χ4v) is 4.06. The maximum absolute atomic E-state index is 12.5. The minimum absolute atomic E-state index is 0.106. The summed E-state index contributed by atoms with van der Waals surface area (Å²) in [6.07, 6.45) is 5.94. The third-order valence-corrected chi connectivity index (χ3v) is 5.52. The van der Waals surface area contributed by atoms with Gasteiger partial charge >= 0.3 is 0 Å². The van der Waals surface area contributed by atoms with Gasteiger partial charge in [0.2, 0.25) is 5.91 Å². The van der Waals surface area contributed by atoms with Crippen LogP contribution in [0.1, 0.15) is 44.9 Å². The Morgan fingerprint density at radius 1 is 1.16 bits per heavy atom. The van der Waals surface area contributed by atoms with Gasteiger partial charge in [-0.15, -0.1) is 0 Å². The molecular formula is C20H25N3OS. The molecule has 1 aliphatic rings. The third-order valence-electron chi connectivity index (χ3n) is 4.50. The monoisotopic (exact) mass is 355 g/mol. The molecule has 1 aromatic carbocycles. The Kier molecular flexibility index (Phi) is 6.08. The Labute approximate surface area is 153 Å². The standard InChI is InChI=1S/C20H25N3OS/c1-14(20(24)23-17-11-7-4-8-12-17)25-19-13-18(21-15(2)22-19)16-9-5-3-6-10-16/h3,5-6,9-10,13-14,17H,4,7-8,11-12H2,1-2H3,(H,23,24)/t14-/m1/s1. The van der Waals surface area contributed by atoms with Crippen LogP contribution in [0, 0.1) is 6.92 Å². The summed E-state index contributed by atoms with van der Waals surface area (Å²) in [5.74, 6) is 0.832. The van der Waals surface area contributed by atoms with Gasteiger partial charge in [-0.2, -0.15) is 0 Å². The van der Waals surface area contributed by atoms with Crippen LogP contribution in [0.4, 0.5) is 0 Å². The van der Waals surface area contributed by atoms with E-state index < -0.39 is 0 Å². The Morgan fingerprint density at radius 3 is 2.60 bits per heavy atom. The summed E-state index contributed by atoms with van der Waals surface area (Å²) in [6.45, 7) is 3.84. The number of aryl methyl sites for hydroxylation is 1. The van der Waals surface area contributed by atoms with Crippen molar-refractivity contribution in [3.05, 3.63) is 42.2 Å². The number of hydrogen-bond donors (Lipinski definition) is 1. The molecule has 1 aliphatic carbocycles. The molecule has 4 nitrogen and oxygen atoms in total. The second-order valence-electron chi connectivity index (χ2n) is 6.61. The summed E-state index contributed by atoms with van der Waals surface area (Å²) < 4.78 is 0. The molecule has 1 amide bonds. The predicted octanol–water partition coefficient (Wildman–Crippen LogP) is 4.38. The van der Waals surface area contributed by atoms with Crippen molar-refractivity contribution in [3.8, 4) is 11.3 Å². The molecule has 0 radical (unpaired) electrons. The van der Waals surface area contributed by atoms with E-state index in [1.807, 2.05) is 50.2 Å². The Balaban J connectivity index is 1.67. The van der Waals surface area contributed by atoms with Crippen molar-refractivity contribution in [1.29, 1.82) is 0 Å². The first-order valence-corrected chi connectivity index (χ1v) is 9.88. The highest BCUT2D eigenvalue weighted by Gasteiger charge is 2.21. The van der Waals surface area contributed by atoms with Gasteiger partial charge in [-0.25, -0.2) is 9.97 Å². The molecule has 25 heavy (non-hydrogen) atoms. The first-order chi connectivity index (χ1) is 12.1. The van der Waals surface area contributed by atoms with Crippen LogP contribution in [0.5, 0.6) is 0 Å². The minimum Gasteiger partial charge on any atom is -0.352 e. The van der Waals surface area contributed by atoms with E-state index in [0.717, 1.165) is 34.9 Å². The average molecular weight is 356 g/mol. The molecule has 5 heteroatoms. The smallest absolute Gasteiger partial charge is 0.233 e. The maximum Gasteiger partial charge on any atom is 0.233 e. The molecule has 1 saturated carbocycles. The normalized spacial score (nSPS) is 16.4. The van der Waals surface area contributed by atoms with Crippen LogP contribution in [0.15, 0.2) is 41.4 Å². The van der Waals surface area contributed by atoms with E-state index in [4.69, 9.17) is 0 Å². The molecule has 1 atom stereocenters. The number of thioether (sulfide) groups is 1. The fraction of sp³-hybridized carbons (Fsp3) is 0.450. The van der Waals surface area contributed by atoms with E-state index in [9.17, 15) is 4.79 Å². The zero-order chi connectivity index (χ0) is 17.6. The minimum atomic E-state index is -0.167. The molecule has 0 spiro atoms. The van der Waals surface area contributed by atoms with E-state index in [-0.39, 0.29) is 11.2 Å². The van der Waals surface area contributed by atoms with Gasteiger partial charge in [-0.1, -0.05) is 61.4 Å². The summed E-state index contributed by atoms with van der Waals surface area (Å²) in [7, 11) is 0. The molecule has 1 heterocycles. The number of nitrogens with one attached hydrogen (secondary N) is 1. The summed E-state index contributed by atoms with van der Waals surface area (Å²) in [4.78, 5) is 21.5. The van der Waals surface area contributed by atoms with E-state index >= 15 is 0 Å². The zero-order valence-electron chi connectivity index (χ0n) is 14.9. The van der Waals surface area contributed by atoms with Crippen molar-refractivity contribution in [2.75, 3.05) is 0 Å². The number of carbonyl (C=O) groups excluding carboxylic acids is 1. The summed E-state index contributed by atoms with van der Waals surface area (Å²) in [5.41, 5.74) is 1.96. The topological polar surface area (TPSA) is 54.9 Å². The van der Waals surface area contributed by atoms with E-state index in [1.165, 1.54) is 31.0 Å². The Morgan fingerprint density at radius 2 is 1.88 bits per heavy atom. The molecule has 0 aliphatic heterocycles. The lowest BCUT2D eigenvalue weighted by molar-refractivity contribution is -0.121. The number of carbonyl (C=O) groups is 1. The van der Waals surface area contributed by atoms with Gasteiger partial charge in [0.25, 0.3) is 0 Å². The van der Waals surface area contributed by atoms with Gasteiger partial charge in [0.1, 0.15) is 10.9 Å². The molecule has 1 N–H and O–H groups in total. The van der Waals surface area contributed by atoms with Gasteiger partial charge in [0.05, 0.1) is 10.9 Å². The van der Waals surface area contributed by atoms with Crippen molar-refractivity contribution in [3.63, 3.8) is 0 Å². The molecular weight excluding hydrogens is 330 g/mol. The molecule has 132 valence electrons. The Bertz CT molecular complexity index is 714. The first-order valence-electron chi connectivity index (χ1n) is 9.00. The molecule has 3 rings (SSSR count). The van der Waals surface area contributed by atoms with Crippen molar-refractivity contribution < 1.29 is 4.79 Å². The summed E-state index contributed by atoms with van der Waals surface area (Å²) in [5, 5.41) is 3.87. The second kappa shape index (κ2) is 8.48. The van der Waals surface area contributed by atoms with Gasteiger partial charge in [-0.05, 0) is 32.8 Å². The number of nitrogens with zero attached hydrogens (tertiary/aromatic N) is 2. The lowest BCUT2D eigenvalue weighted by Gasteiger charge is -2.24. The molecule has 1 aromatic heterocycles. The van der Waals surface area contributed by atoms with E-state index in [2.05, 4.69) is 15.3 Å². The van der Waals surface area contributed by atoms with Crippen LogP contribution < -0.4 is 5.32 Å². The van der Waals surface area contributed by atoms with Crippen LogP contribution in [-0.2, 0) is 4.79 Å². The second-order valence-corrected chi connectivity index (χ2v) is 7.97. The van der Waals surface area contributed by atoms with Gasteiger partial charge < -0.3 is 5.32 Å². The summed E-state index contributed by atoms with van der Waals surface area (Å²) in [6, 6.07) is 12.4. The van der Waals surface area contributed by atoms with Crippen LogP contribution in [0.3, 0.4) is 0 Å². The molecule has 0 bridgehead atoms. The largest absolute Gasteiger partial charge is 0.352 e. The van der Waals surface area contributed by atoms with Crippen LogP contribution in [0.25, 0.3) is 11.3 Å². The van der Waals surface area contributed by atoms with Crippen LogP contribution in [0.2, 0.25) is 0 Å². The van der Waals surface area contributed by atoms with Crippen molar-refractivity contribution in [2.24, 2.45) is 0 Å². The molecule has 0 unspecified atom stereocenters. The lowest BCUT2D eigenvalue weighted by atomic mass is 9.95. The van der Waals surface area contributed by atoms with Gasteiger partial charge in [0, 0.05) is 11.6 Å². The maximum atomic E-state index is 12.5. The van der Waals surface area contributed by atoms with E-state index in [1.54, 1.807) is 0 Å². The number of aromatic nitrogens is 2. The Hall–Kier alpha value is -1.88. The quantitative estimate of drug-likeness (QED) is 0.639. The molecule has 1 fully saturated rings. The zero-order valence-corrected chi connectivity index (χ0v) is 15.7. The fourth-order valence-electron chi connectivity index (χ4n) is 3.16. The number of hydrogen-bond acceptors (Lipinski definition) is 4. The molecule has 2 aromatic rings. The summed E-state index contributed by atoms with van der Waals surface area (Å²) >= 11 is 1.50. The lowest BCUT2D eigenvalue weighted by Crippen LogP contribution is -2.40. The van der Waals surface area contributed by atoms with Crippen LogP contribution >= 0.6 is 11.8 Å². The van der Waals surface area contributed by atoms with E-state index in [0.29, 0.717) is 6.04 Å². The van der Waals surface area contributed by atoms with Crippen molar-refractivity contribution in [2.45, 2.75) is 62.3 Å². The molecule has 0 saturated heterocycles. The highest BCUT2D eigenvalue weighted by Crippen LogP contribution is 2.26. The van der Waals surface area contributed by atoms with Crippen LogP contribution in [-0.4, -0.2) is 27.2 Å². The number of rotatable bonds is 5. The van der Waals surface area contributed by atoms with Crippen molar-refractivity contribution in [1.82, 2.24) is 15.3 Å². The van der Waals surface area contributed by atoms with Gasteiger partial charge in [0.15, 0.2) is 0 Å². The highest BCUT2D eigenvalue weighted by atomic mass is 32.2. The van der Waals surface area contributed by atoms with Gasteiger partial charge in [-0.3, -0.25) is 4.79 Å². The number of amides is 1. The highest BCUT2D eigenvalue weighted by molar-refractivity contribution is 8.00. The average Bonchev–Trinajstić information content (AvgIpc) is 2.63. The predicted molar refractivity (Wildman–Crippen MR) is 103 cm³/mol. The SMILES string of the molecule is Cc1nc(S[C@H](C)C(=O)NC2CCCCC2)cc(-c2ccccc2)n1. The number of benzene rings is 1. The van der Waals surface area contributed by atoms with Crippen molar-refractivity contribution >= 4 is 17.7 Å².